The molecule has 18 heavy (non-hydrogen) atoms. The zero-order valence-electron chi connectivity index (χ0n) is 10.5. The molecule has 0 aliphatic rings. The van der Waals surface area contributed by atoms with Crippen LogP contribution >= 0.6 is 0 Å². The fourth-order valence-corrected chi connectivity index (χ4v) is 0.565. The van der Waals surface area contributed by atoms with Crippen molar-refractivity contribution in [2.45, 2.75) is 19.3 Å². The number of ether oxygens (including phenoxy) is 1. The third-order valence-corrected chi connectivity index (χ3v) is 1.29. The standard InChI is InChI=1S/C6H10O.C5H12O6/c1-3-5-7-6-4-2;1-4(7)11-9-3-5(2-6)10-8/h3-4H,1-2,5-6H2;4-8H,2-3H2,1H3. The molecule has 0 aliphatic heterocycles. The first-order chi connectivity index (χ1) is 8.62. The van der Waals surface area contributed by atoms with Crippen LogP contribution in [0.2, 0.25) is 0 Å². The van der Waals surface area contributed by atoms with E-state index in [4.69, 9.17) is 20.2 Å². The number of aliphatic hydroxyl groups excluding tert-OH is 2. The summed E-state index contributed by atoms with van der Waals surface area (Å²) in [6, 6.07) is 0. The minimum atomic E-state index is -1.05. The van der Waals surface area contributed by atoms with E-state index in [0.29, 0.717) is 13.2 Å². The van der Waals surface area contributed by atoms with Crippen LogP contribution in [0.25, 0.3) is 0 Å². The molecule has 0 amide bonds. The van der Waals surface area contributed by atoms with Crippen molar-refractivity contribution in [1.82, 2.24) is 0 Å². The molecule has 0 fully saturated rings. The van der Waals surface area contributed by atoms with E-state index in [1.807, 2.05) is 0 Å². The summed E-state index contributed by atoms with van der Waals surface area (Å²) in [6.45, 7) is 8.99. The average molecular weight is 266 g/mol. The van der Waals surface area contributed by atoms with E-state index in [1.165, 1.54) is 6.92 Å². The highest BCUT2D eigenvalue weighted by molar-refractivity contribution is 4.68. The van der Waals surface area contributed by atoms with Gasteiger partial charge in [0.1, 0.15) is 12.7 Å². The van der Waals surface area contributed by atoms with E-state index in [0.717, 1.165) is 0 Å². The maximum absolute atomic E-state index is 8.50. The monoisotopic (exact) mass is 266 g/mol. The second-order valence-corrected chi connectivity index (χ2v) is 3.00. The van der Waals surface area contributed by atoms with E-state index >= 15 is 0 Å². The summed E-state index contributed by atoms with van der Waals surface area (Å²) in [5.41, 5.74) is 0. The number of rotatable bonds is 10. The molecule has 3 N–H and O–H groups in total. The smallest absolute Gasteiger partial charge is 0.185 e. The van der Waals surface area contributed by atoms with Crippen molar-refractivity contribution in [3.8, 4) is 0 Å². The number of hydrogen-bond acceptors (Lipinski definition) is 7. The number of aliphatic hydroxyl groups is 2. The van der Waals surface area contributed by atoms with Crippen molar-refractivity contribution < 1.29 is 34.9 Å². The molecule has 2 unspecified atom stereocenters. The Hall–Kier alpha value is -0.800. The van der Waals surface area contributed by atoms with Crippen LogP contribution in [0.3, 0.4) is 0 Å². The molecule has 7 nitrogen and oxygen atoms in total. The molecule has 0 spiro atoms. The lowest BCUT2D eigenvalue weighted by molar-refractivity contribution is -0.390. The van der Waals surface area contributed by atoms with Crippen LogP contribution in [-0.4, -0.2) is 54.3 Å². The second kappa shape index (κ2) is 16.2. The molecule has 0 radical (unpaired) electrons. The molecule has 0 saturated heterocycles. The molecule has 0 aromatic carbocycles. The lowest BCUT2D eigenvalue weighted by atomic mass is 10.4. The van der Waals surface area contributed by atoms with Gasteiger partial charge < -0.3 is 14.9 Å². The first kappa shape index (κ1) is 19.5. The van der Waals surface area contributed by atoms with Crippen LogP contribution in [-0.2, 0) is 19.4 Å². The molecule has 0 rings (SSSR count). The maximum atomic E-state index is 8.50. The van der Waals surface area contributed by atoms with E-state index in [9.17, 15) is 0 Å². The Morgan fingerprint density at radius 1 is 1.22 bits per heavy atom. The highest BCUT2D eigenvalue weighted by atomic mass is 17.2. The minimum absolute atomic E-state index is 0.155. The van der Waals surface area contributed by atoms with Gasteiger partial charge in [-0.2, -0.15) is 0 Å². The Kier molecular flexibility index (Phi) is 17.6. The fourth-order valence-electron chi connectivity index (χ4n) is 0.565. The van der Waals surface area contributed by atoms with Gasteiger partial charge in [0, 0.05) is 0 Å². The van der Waals surface area contributed by atoms with Crippen LogP contribution in [0.5, 0.6) is 0 Å². The molecule has 2 atom stereocenters. The Balaban J connectivity index is 0. The van der Waals surface area contributed by atoms with Gasteiger partial charge in [-0.1, -0.05) is 12.2 Å². The second-order valence-electron chi connectivity index (χ2n) is 3.00. The summed E-state index contributed by atoms with van der Waals surface area (Å²) in [7, 11) is 0. The Bertz CT molecular complexity index is 172. The van der Waals surface area contributed by atoms with Gasteiger partial charge in [-0.15, -0.1) is 13.2 Å². The lowest BCUT2D eigenvalue weighted by Gasteiger charge is -2.10. The van der Waals surface area contributed by atoms with Crippen LogP contribution in [0.15, 0.2) is 25.3 Å². The third-order valence-electron chi connectivity index (χ3n) is 1.29. The highest BCUT2D eigenvalue weighted by Gasteiger charge is 2.08. The summed E-state index contributed by atoms with van der Waals surface area (Å²) in [6.07, 6.45) is 1.52. The van der Waals surface area contributed by atoms with Crippen LogP contribution < -0.4 is 0 Å². The molecule has 108 valence electrons. The van der Waals surface area contributed by atoms with E-state index in [2.05, 4.69) is 27.8 Å². The van der Waals surface area contributed by atoms with Crippen molar-refractivity contribution in [1.29, 1.82) is 0 Å². The molecular weight excluding hydrogens is 244 g/mol. The molecule has 0 bridgehead atoms. The quantitative estimate of drug-likeness (QED) is 0.174. The van der Waals surface area contributed by atoms with Crippen molar-refractivity contribution >= 4 is 0 Å². The van der Waals surface area contributed by atoms with E-state index < -0.39 is 12.4 Å². The van der Waals surface area contributed by atoms with Gasteiger partial charge in [0.2, 0.25) is 0 Å². The van der Waals surface area contributed by atoms with Crippen molar-refractivity contribution in [3.05, 3.63) is 25.3 Å². The first-order valence-corrected chi connectivity index (χ1v) is 5.29. The molecule has 0 saturated carbocycles. The van der Waals surface area contributed by atoms with Gasteiger partial charge in [0.15, 0.2) is 6.29 Å². The summed E-state index contributed by atoms with van der Waals surface area (Å²) in [5.74, 6) is 0. The average Bonchev–Trinajstić information content (AvgIpc) is 2.36. The van der Waals surface area contributed by atoms with E-state index in [1.54, 1.807) is 12.2 Å². The number of hydrogen-bond donors (Lipinski definition) is 3. The molecule has 0 aromatic rings. The lowest BCUT2D eigenvalue weighted by Crippen LogP contribution is -2.23. The Morgan fingerprint density at radius 2 is 1.78 bits per heavy atom. The minimum Gasteiger partial charge on any atom is -0.393 e. The van der Waals surface area contributed by atoms with Gasteiger partial charge in [-0.25, -0.2) is 14.7 Å². The van der Waals surface area contributed by atoms with Crippen molar-refractivity contribution in [2.24, 2.45) is 0 Å². The Morgan fingerprint density at radius 3 is 2.11 bits per heavy atom. The summed E-state index contributed by atoms with van der Waals surface area (Å²) in [4.78, 5) is 12.3. The molecule has 0 aromatic heterocycles. The Labute approximate surface area is 107 Å². The third kappa shape index (κ3) is 17.6. The predicted molar refractivity (Wildman–Crippen MR) is 64.5 cm³/mol. The summed E-state index contributed by atoms with van der Waals surface area (Å²) >= 11 is 0. The highest BCUT2D eigenvalue weighted by Crippen LogP contribution is 1.92. The van der Waals surface area contributed by atoms with E-state index in [-0.39, 0.29) is 13.2 Å². The maximum Gasteiger partial charge on any atom is 0.185 e. The molecule has 0 heterocycles. The van der Waals surface area contributed by atoms with Crippen LogP contribution in [0.4, 0.5) is 0 Å². The fraction of sp³-hybridized carbons (Fsp3) is 0.636. The van der Waals surface area contributed by atoms with Crippen molar-refractivity contribution in [3.63, 3.8) is 0 Å². The van der Waals surface area contributed by atoms with Crippen molar-refractivity contribution in [2.75, 3.05) is 26.4 Å². The summed E-state index contributed by atoms with van der Waals surface area (Å²) < 4.78 is 4.90. The van der Waals surface area contributed by atoms with Gasteiger partial charge in [-0.05, 0) is 6.92 Å². The van der Waals surface area contributed by atoms with Gasteiger partial charge in [0.25, 0.3) is 0 Å². The van der Waals surface area contributed by atoms with Crippen LogP contribution in [0.1, 0.15) is 6.92 Å². The molecule has 0 aliphatic carbocycles. The predicted octanol–water partition coefficient (Wildman–Crippen LogP) is 0.498. The zero-order valence-corrected chi connectivity index (χ0v) is 10.5. The molecule has 7 heteroatoms. The van der Waals surface area contributed by atoms with Gasteiger partial charge in [-0.3, -0.25) is 5.26 Å². The first-order valence-electron chi connectivity index (χ1n) is 5.29. The van der Waals surface area contributed by atoms with Gasteiger partial charge in [0.05, 0.1) is 19.8 Å². The van der Waals surface area contributed by atoms with Gasteiger partial charge >= 0.3 is 0 Å². The largest absolute Gasteiger partial charge is 0.393 e. The normalized spacial score (nSPS) is 13.1. The topological polar surface area (TPSA) is 97.6 Å². The van der Waals surface area contributed by atoms with Crippen LogP contribution in [0, 0.1) is 0 Å². The summed E-state index contributed by atoms with van der Waals surface area (Å²) in [5, 5.41) is 24.9. The molecular formula is C11H22O7. The zero-order chi connectivity index (χ0) is 14.2. The SMILES string of the molecule is C=CCOCC=C.CC(O)OOCC(CO)OO.